The second-order valence-corrected chi connectivity index (χ2v) is 5.70. The number of carbonyl (C=O) groups excluding carboxylic acids is 1. The van der Waals surface area contributed by atoms with Crippen molar-refractivity contribution < 1.29 is 9.63 Å². The van der Waals surface area contributed by atoms with Gasteiger partial charge in [0.25, 0.3) is 5.91 Å². The molecule has 0 bridgehead atoms. The molecule has 0 saturated carbocycles. The first kappa shape index (κ1) is 16.6. The predicted octanol–water partition coefficient (Wildman–Crippen LogP) is 3.70. The Balaban J connectivity index is 1.59. The van der Waals surface area contributed by atoms with Crippen molar-refractivity contribution in [2.24, 2.45) is 5.16 Å². The Hall–Kier alpha value is -1.81. The number of nitrogens with zero attached hydrogens (tertiary/aromatic N) is 1. The van der Waals surface area contributed by atoms with E-state index in [1.54, 1.807) is 18.3 Å². The number of rotatable bonds is 7. The van der Waals surface area contributed by atoms with Crippen LogP contribution in [0.1, 0.15) is 37.7 Å². The fraction of sp³-hybridized carbons (Fsp3) is 0.412. The molecule has 0 atom stereocenters. The molecule has 4 nitrogen and oxygen atoms in total. The molecule has 1 aliphatic rings. The van der Waals surface area contributed by atoms with Crippen molar-refractivity contribution in [3.05, 3.63) is 46.5 Å². The van der Waals surface area contributed by atoms with Crippen molar-refractivity contribution in [2.45, 2.75) is 32.1 Å². The Bertz CT molecular complexity index is 538. The number of benzene rings is 1. The lowest BCUT2D eigenvalue weighted by molar-refractivity contribution is -0.125. The van der Waals surface area contributed by atoms with Crippen molar-refractivity contribution in [1.82, 2.24) is 5.32 Å². The minimum absolute atomic E-state index is 0.0663. The first-order valence-electron chi connectivity index (χ1n) is 7.59. The SMILES string of the molecule is O=C(CO/N=C\c1ccc(Cl)cc1)NCCC1=CCCCC1. The van der Waals surface area contributed by atoms with Crippen LogP contribution in [0.25, 0.3) is 0 Å². The van der Waals surface area contributed by atoms with E-state index >= 15 is 0 Å². The Morgan fingerprint density at radius 3 is 2.86 bits per heavy atom. The highest BCUT2D eigenvalue weighted by molar-refractivity contribution is 6.30. The number of hydrogen-bond acceptors (Lipinski definition) is 3. The molecule has 5 heteroatoms. The first-order valence-corrected chi connectivity index (χ1v) is 7.97. The summed E-state index contributed by atoms with van der Waals surface area (Å²) >= 11 is 5.79. The van der Waals surface area contributed by atoms with E-state index in [-0.39, 0.29) is 12.5 Å². The molecule has 0 spiro atoms. The zero-order valence-corrected chi connectivity index (χ0v) is 13.3. The molecule has 0 fully saturated rings. The van der Waals surface area contributed by atoms with E-state index in [9.17, 15) is 4.79 Å². The van der Waals surface area contributed by atoms with Crippen LogP contribution in [0.3, 0.4) is 0 Å². The monoisotopic (exact) mass is 320 g/mol. The summed E-state index contributed by atoms with van der Waals surface area (Å²) in [6.07, 6.45) is 9.67. The molecule has 0 aliphatic heterocycles. The van der Waals surface area contributed by atoms with Gasteiger partial charge in [-0.3, -0.25) is 4.79 Å². The van der Waals surface area contributed by atoms with Gasteiger partial charge in [0.1, 0.15) is 0 Å². The third-order valence-electron chi connectivity index (χ3n) is 3.50. The topological polar surface area (TPSA) is 50.7 Å². The standard InChI is InChI=1S/C17H21ClN2O2/c18-16-8-6-15(7-9-16)12-20-22-13-17(21)19-11-10-14-4-2-1-3-5-14/h4,6-9,12H,1-3,5,10-11,13H2,(H,19,21)/b20-12-. The maximum absolute atomic E-state index is 11.6. The van der Waals surface area contributed by atoms with Crippen LogP contribution in [0.15, 0.2) is 41.1 Å². The Labute approximate surface area is 136 Å². The van der Waals surface area contributed by atoms with Crippen molar-refractivity contribution in [2.75, 3.05) is 13.2 Å². The van der Waals surface area contributed by atoms with E-state index in [4.69, 9.17) is 16.4 Å². The smallest absolute Gasteiger partial charge is 0.260 e. The fourth-order valence-electron chi connectivity index (χ4n) is 2.29. The molecular weight excluding hydrogens is 300 g/mol. The lowest BCUT2D eigenvalue weighted by Crippen LogP contribution is -2.28. The third kappa shape index (κ3) is 6.31. The number of hydrogen-bond donors (Lipinski definition) is 1. The summed E-state index contributed by atoms with van der Waals surface area (Å²) in [7, 11) is 0. The average molecular weight is 321 g/mol. The molecule has 1 amide bonds. The molecule has 1 aromatic carbocycles. The van der Waals surface area contributed by atoms with Crippen LogP contribution in [-0.4, -0.2) is 25.3 Å². The van der Waals surface area contributed by atoms with Gasteiger partial charge < -0.3 is 10.2 Å². The summed E-state index contributed by atoms with van der Waals surface area (Å²) in [4.78, 5) is 16.6. The summed E-state index contributed by atoms with van der Waals surface area (Å²) in [6, 6.07) is 7.20. The molecule has 118 valence electrons. The van der Waals surface area contributed by atoms with Crippen molar-refractivity contribution >= 4 is 23.7 Å². The van der Waals surface area contributed by atoms with Crippen molar-refractivity contribution in [3.63, 3.8) is 0 Å². The summed E-state index contributed by atoms with van der Waals surface area (Å²) < 4.78 is 0. The lowest BCUT2D eigenvalue weighted by Gasteiger charge is -2.12. The number of allylic oxidation sites excluding steroid dienone is 1. The Morgan fingerprint density at radius 1 is 1.32 bits per heavy atom. The second-order valence-electron chi connectivity index (χ2n) is 5.27. The summed E-state index contributed by atoms with van der Waals surface area (Å²) in [5.74, 6) is -0.148. The zero-order chi connectivity index (χ0) is 15.6. The first-order chi connectivity index (χ1) is 10.7. The van der Waals surface area contributed by atoms with E-state index in [1.807, 2.05) is 12.1 Å². The summed E-state index contributed by atoms with van der Waals surface area (Å²) in [5.41, 5.74) is 2.32. The molecule has 0 saturated heterocycles. The third-order valence-corrected chi connectivity index (χ3v) is 3.75. The molecule has 2 rings (SSSR count). The van der Waals surface area contributed by atoms with Crippen LogP contribution in [0.2, 0.25) is 5.02 Å². The highest BCUT2D eigenvalue weighted by Crippen LogP contribution is 2.19. The number of nitrogens with one attached hydrogen (secondary N) is 1. The van der Waals surface area contributed by atoms with Gasteiger partial charge in [-0.1, -0.05) is 40.5 Å². The average Bonchev–Trinajstić information content (AvgIpc) is 2.54. The van der Waals surface area contributed by atoms with Crippen LogP contribution in [-0.2, 0) is 9.63 Å². The van der Waals surface area contributed by atoms with Crippen LogP contribution < -0.4 is 5.32 Å². The van der Waals surface area contributed by atoms with E-state index in [0.29, 0.717) is 11.6 Å². The van der Waals surface area contributed by atoms with Gasteiger partial charge in [0.2, 0.25) is 0 Å². The highest BCUT2D eigenvalue weighted by atomic mass is 35.5. The normalized spacial score (nSPS) is 14.7. The molecule has 1 aromatic rings. The molecule has 1 aliphatic carbocycles. The van der Waals surface area contributed by atoms with E-state index in [0.717, 1.165) is 18.4 Å². The molecule has 22 heavy (non-hydrogen) atoms. The maximum Gasteiger partial charge on any atom is 0.260 e. The van der Waals surface area contributed by atoms with Gasteiger partial charge in [0.15, 0.2) is 6.61 Å². The number of oxime groups is 1. The minimum Gasteiger partial charge on any atom is -0.386 e. The van der Waals surface area contributed by atoms with Crippen LogP contribution >= 0.6 is 11.6 Å². The fourth-order valence-corrected chi connectivity index (χ4v) is 2.41. The summed E-state index contributed by atoms with van der Waals surface area (Å²) in [6.45, 7) is 0.595. The molecule has 0 aromatic heterocycles. The molecular formula is C17H21ClN2O2. The Morgan fingerprint density at radius 2 is 2.14 bits per heavy atom. The van der Waals surface area contributed by atoms with Crippen LogP contribution in [0.5, 0.6) is 0 Å². The van der Waals surface area contributed by atoms with Gasteiger partial charge in [-0.15, -0.1) is 0 Å². The van der Waals surface area contributed by atoms with Crippen LogP contribution in [0.4, 0.5) is 0 Å². The van der Waals surface area contributed by atoms with Gasteiger partial charge in [-0.05, 0) is 49.8 Å². The number of carbonyl (C=O) groups is 1. The van der Waals surface area contributed by atoms with Gasteiger partial charge in [0.05, 0.1) is 6.21 Å². The molecule has 1 N–H and O–H groups in total. The predicted molar refractivity (Wildman–Crippen MR) is 89.2 cm³/mol. The van der Waals surface area contributed by atoms with Gasteiger partial charge in [0, 0.05) is 11.6 Å². The molecule has 0 heterocycles. The quantitative estimate of drug-likeness (QED) is 0.473. The van der Waals surface area contributed by atoms with Gasteiger partial charge in [-0.2, -0.15) is 0 Å². The molecule has 0 radical (unpaired) electrons. The van der Waals surface area contributed by atoms with E-state index in [2.05, 4.69) is 16.5 Å². The molecule has 0 unspecified atom stereocenters. The van der Waals surface area contributed by atoms with E-state index < -0.39 is 0 Å². The number of amides is 1. The van der Waals surface area contributed by atoms with Gasteiger partial charge >= 0.3 is 0 Å². The zero-order valence-electron chi connectivity index (χ0n) is 12.6. The van der Waals surface area contributed by atoms with E-state index in [1.165, 1.54) is 24.8 Å². The maximum atomic E-state index is 11.6. The largest absolute Gasteiger partial charge is 0.386 e. The minimum atomic E-state index is -0.148. The van der Waals surface area contributed by atoms with Gasteiger partial charge in [-0.25, -0.2) is 0 Å². The number of halogens is 1. The van der Waals surface area contributed by atoms with Crippen molar-refractivity contribution in [1.29, 1.82) is 0 Å². The van der Waals surface area contributed by atoms with Crippen LogP contribution in [0, 0.1) is 0 Å². The lowest BCUT2D eigenvalue weighted by atomic mass is 9.97. The summed E-state index contributed by atoms with van der Waals surface area (Å²) in [5, 5.41) is 7.28. The highest BCUT2D eigenvalue weighted by Gasteiger charge is 2.05. The van der Waals surface area contributed by atoms with Crippen molar-refractivity contribution in [3.8, 4) is 0 Å². The second kappa shape index (κ2) is 9.26. The Kier molecular flexibility index (Phi) is 6.97.